The van der Waals surface area contributed by atoms with E-state index in [1.54, 1.807) is 0 Å². The largest absolute Gasteiger partial charge is 0.346 e. The van der Waals surface area contributed by atoms with Crippen LogP contribution in [0.5, 0.6) is 0 Å². The van der Waals surface area contributed by atoms with Gasteiger partial charge >= 0.3 is 0 Å². The highest BCUT2D eigenvalue weighted by atomic mass is 32.1. The zero-order chi connectivity index (χ0) is 16.7. The zero-order valence-corrected chi connectivity index (χ0v) is 14.2. The fraction of sp³-hybridized carbons (Fsp3) is 0.500. The van der Waals surface area contributed by atoms with Crippen LogP contribution in [-0.4, -0.2) is 51.9 Å². The molecule has 126 valence electrons. The minimum atomic E-state index is -0.163. The molecule has 0 aliphatic carbocycles. The molecule has 1 aliphatic rings. The maximum absolute atomic E-state index is 11.8. The number of hydrogen-bond donors (Lipinski definition) is 0. The Balaban J connectivity index is 1.59. The average molecular weight is 347 g/mol. The van der Waals surface area contributed by atoms with Crippen molar-refractivity contribution in [3.8, 4) is 0 Å². The molecule has 4 heterocycles. The van der Waals surface area contributed by atoms with Crippen LogP contribution >= 0.6 is 11.3 Å². The Morgan fingerprint density at radius 2 is 2.29 bits per heavy atom. The second-order valence-electron chi connectivity index (χ2n) is 5.97. The van der Waals surface area contributed by atoms with Crippen LogP contribution in [0.15, 0.2) is 21.6 Å². The molecule has 0 N–H and O–H groups in total. The van der Waals surface area contributed by atoms with E-state index in [9.17, 15) is 4.79 Å². The molecule has 1 aliphatic heterocycles. The number of rotatable bonds is 3. The summed E-state index contributed by atoms with van der Waals surface area (Å²) in [6.07, 6.45) is 3.51. The van der Waals surface area contributed by atoms with Gasteiger partial charge in [-0.3, -0.25) is 4.79 Å². The summed E-state index contributed by atoms with van der Waals surface area (Å²) < 4.78 is 6.76. The van der Waals surface area contributed by atoms with Crippen LogP contribution in [0.2, 0.25) is 0 Å². The second-order valence-corrected chi connectivity index (χ2v) is 6.91. The molecule has 0 amide bonds. The van der Waals surface area contributed by atoms with Crippen molar-refractivity contribution in [1.29, 1.82) is 0 Å². The van der Waals surface area contributed by atoms with Crippen molar-refractivity contribution in [2.75, 3.05) is 37.0 Å². The van der Waals surface area contributed by atoms with Gasteiger partial charge < -0.3 is 14.3 Å². The Morgan fingerprint density at radius 1 is 1.42 bits per heavy atom. The van der Waals surface area contributed by atoms with Gasteiger partial charge in [-0.2, -0.15) is 9.50 Å². The van der Waals surface area contributed by atoms with E-state index in [1.165, 1.54) is 28.1 Å². The molecule has 1 saturated heterocycles. The molecule has 0 radical (unpaired) electrons. The Bertz CT molecular complexity index is 915. The van der Waals surface area contributed by atoms with E-state index < -0.39 is 0 Å². The third kappa shape index (κ3) is 2.62. The van der Waals surface area contributed by atoms with E-state index >= 15 is 0 Å². The predicted octanol–water partition coefficient (Wildman–Crippen LogP) is 0.984. The summed E-state index contributed by atoms with van der Waals surface area (Å²) in [6, 6.07) is 1.41. The summed E-state index contributed by atoms with van der Waals surface area (Å²) in [5.74, 6) is 1.40. The van der Waals surface area contributed by atoms with Gasteiger partial charge in [-0.25, -0.2) is 4.98 Å². The first-order valence-electron chi connectivity index (χ1n) is 7.72. The van der Waals surface area contributed by atoms with E-state index in [2.05, 4.69) is 25.1 Å². The molecule has 0 aromatic carbocycles. The molecule has 3 aromatic heterocycles. The lowest BCUT2D eigenvalue weighted by Crippen LogP contribution is -2.34. The first kappa shape index (κ1) is 15.1. The molecule has 1 unspecified atom stereocenters. The number of aromatic nitrogens is 5. The predicted molar refractivity (Wildman–Crippen MR) is 89.9 cm³/mol. The van der Waals surface area contributed by atoms with Gasteiger partial charge in [-0.15, -0.1) is 5.10 Å². The molecule has 0 bridgehead atoms. The molecule has 3 aromatic rings. The van der Waals surface area contributed by atoms with E-state index in [0.29, 0.717) is 16.8 Å². The first-order chi connectivity index (χ1) is 11.6. The van der Waals surface area contributed by atoms with Crippen LogP contribution in [0.3, 0.4) is 0 Å². The number of piperidine rings is 1. The molecule has 1 atom stereocenters. The van der Waals surface area contributed by atoms with Crippen LogP contribution in [-0.2, 0) is 0 Å². The van der Waals surface area contributed by atoms with Crippen molar-refractivity contribution in [2.24, 2.45) is 0 Å². The van der Waals surface area contributed by atoms with Gasteiger partial charge in [0.25, 0.3) is 11.5 Å². The van der Waals surface area contributed by atoms with Gasteiger partial charge in [-0.1, -0.05) is 11.3 Å². The van der Waals surface area contributed by atoms with Gasteiger partial charge in [0.15, 0.2) is 0 Å². The fourth-order valence-corrected chi connectivity index (χ4v) is 3.70. The molecule has 1 fully saturated rings. The molecular weight excluding hydrogens is 330 g/mol. The third-order valence-electron chi connectivity index (χ3n) is 4.03. The lowest BCUT2D eigenvalue weighted by Gasteiger charge is -2.30. The molecule has 10 heteroatoms. The van der Waals surface area contributed by atoms with Crippen LogP contribution in [0.1, 0.15) is 24.7 Å². The summed E-state index contributed by atoms with van der Waals surface area (Å²) >= 11 is 1.42. The molecule has 0 spiro atoms. The third-order valence-corrected chi connectivity index (χ3v) is 5.02. The Kier molecular flexibility index (Phi) is 3.68. The number of hydrogen-bond acceptors (Lipinski definition) is 9. The number of fused-ring (bicyclic) bond motifs is 1. The molecular formula is C14H17N7O2S. The molecule has 4 rings (SSSR count). The normalized spacial score (nSPS) is 18.2. The minimum absolute atomic E-state index is 0.163. The van der Waals surface area contributed by atoms with Gasteiger partial charge in [0.1, 0.15) is 0 Å². The Hall–Kier alpha value is -2.49. The van der Waals surface area contributed by atoms with Gasteiger partial charge in [-0.05, 0) is 18.0 Å². The SMILES string of the molecule is CN(C)c1noc(C2CCCN(c3nn4c(=O)ccnc4s3)C2)n1. The lowest BCUT2D eigenvalue weighted by molar-refractivity contribution is 0.333. The lowest BCUT2D eigenvalue weighted by atomic mass is 9.98. The first-order valence-corrected chi connectivity index (χ1v) is 8.54. The van der Waals surface area contributed by atoms with Crippen molar-refractivity contribution >= 4 is 27.4 Å². The summed E-state index contributed by atoms with van der Waals surface area (Å²) in [4.78, 5) is 25.1. The highest BCUT2D eigenvalue weighted by Crippen LogP contribution is 2.31. The quantitative estimate of drug-likeness (QED) is 0.692. The Morgan fingerprint density at radius 3 is 3.04 bits per heavy atom. The summed E-state index contributed by atoms with van der Waals surface area (Å²) in [5, 5.41) is 9.19. The smallest absolute Gasteiger partial charge is 0.275 e. The van der Waals surface area contributed by atoms with Gasteiger partial charge in [0.05, 0.1) is 5.92 Å². The van der Waals surface area contributed by atoms with E-state index in [1.807, 2.05) is 19.0 Å². The van der Waals surface area contributed by atoms with Crippen LogP contribution in [0.4, 0.5) is 11.1 Å². The second kappa shape index (κ2) is 5.86. The minimum Gasteiger partial charge on any atom is -0.346 e. The summed E-state index contributed by atoms with van der Waals surface area (Å²) in [7, 11) is 3.77. The monoisotopic (exact) mass is 347 g/mol. The summed E-state index contributed by atoms with van der Waals surface area (Å²) in [6.45, 7) is 1.63. The Labute approximate surface area is 141 Å². The van der Waals surface area contributed by atoms with Crippen LogP contribution in [0.25, 0.3) is 4.96 Å². The molecule has 24 heavy (non-hydrogen) atoms. The van der Waals surface area contributed by atoms with E-state index in [4.69, 9.17) is 4.52 Å². The molecule has 9 nitrogen and oxygen atoms in total. The maximum atomic E-state index is 11.8. The summed E-state index contributed by atoms with van der Waals surface area (Å²) in [5.41, 5.74) is -0.163. The van der Waals surface area contributed by atoms with Crippen molar-refractivity contribution in [2.45, 2.75) is 18.8 Å². The zero-order valence-electron chi connectivity index (χ0n) is 13.4. The van der Waals surface area contributed by atoms with E-state index in [-0.39, 0.29) is 11.5 Å². The van der Waals surface area contributed by atoms with Crippen molar-refractivity contribution in [3.63, 3.8) is 0 Å². The standard InChI is InChI=1S/C14H17N7O2S/c1-19(2)12-16-11(23-18-12)9-4-3-7-20(8-9)14-17-21-10(22)5-6-15-13(21)24-14/h5-6,9H,3-4,7-8H2,1-2H3. The highest BCUT2D eigenvalue weighted by molar-refractivity contribution is 7.20. The highest BCUT2D eigenvalue weighted by Gasteiger charge is 2.28. The fourth-order valence-electron chi connectivity index (χ4n) is 2.79. The van der Waals surface area contributed by atoms with Crippen molar-refractivity contribution < 1.29 is 4.52 Å². The van der Waals surface area contributed by atoms with Crippen LogP contribution in [0, 0.1) is 0 Å². The van der Waals surface area contributed by atoms with Gasteiger partial charge in [0.2, 0.25) is 16.0 Å². The van der Waals surface area contributed by atoms with Gasteiger partial charge in [0, 0.05) is 39.4 Å². The number of nitrogens with zero attached hydrogens (tertiary/aromatic N) is 7. The van der Waals surface area contributed by atoms with Crippen LogP contribution < -0.4 is 15.4 Å². The van der Waals surface area contributed by atoms with E-state index in [0.717, 1.165) is 31.1 Å². The van der Waals surface area contributed by atoms with Crippen molar-refractivity contribution in [1.82, 2.24) is 24.7 Å². The average Bonchev–Trinajstić information content (AvgIpc) is 3.23. The number of anilines is 2. The topological polar surface area (TPSA) is 92.7 Å². The molecule has 0 saturated carbocycles. The van der Waals surface area contributed by atoms with Crippen molar-refractivity contribution in [3.05, 3.63) is 28.5 Å². The maximum Gasteiger partial charge on any atom is 0.275 e.